The minimum absolute atomic E-state index is 0.122. The molecule has 7 heteroatoms. The molecule has 2 atom stereocenters. The highest BCUT2D eigenvalue weighted by Crippen LogP contribution is 2.38. The topological polar surface area (TPSA) is 70.1 Å². The molecule has 2 amide bonds. The maximum Gasteiger partial charge on any atom is 0.259 e. The van der Waals surface area contributed by atoms with Crippen LogP contribution in [-0.2, 0) is 14.4 Å². The Hall–Kier alpha value is -2.80. The fraction of sp³-hybridized carbons (Fsp3) is 0.158. The molecule has 2 aromatic carbocycles. The van der Waals surface area contributed by atoms with Crippen LogP contribution in [-0.4, -0.2) is 29.4 Å². The lowest BCUT2D eigenvalue weighted by molar-refractivity contribution is -0.122. The number of ketones is 1. The number of Topliss-reactive ketones (excluding diaryl/α,β-unsaturated/α-hetero) is 1. The highest BCUT2D eigenvalue weighted by atomic mass is 79.9. The fourth-order valence-corrected chi connectivity index (χ4v) is 3.61. The van der Waals surface area contributed by atoms with Crippen LogP contribution in [0.1, 0.15) is 6.92 Å². The van der Waals surface area contributed by atoms with Gasteiger partial charge in [0, 0.05) is 11.4 Å². The second kappa shape index (κ2) is 6.17. The summed E-state index contributed by atoms with van der Waals surface area (Å²) in [6.07, 6.45) is 0. The smallest absolute Gasteiger partial charge is 0.259 e. The van der Waals surface area contributed by atoms with Crippen LogP contribution < -0.4 is 9.91 Å². The second-order valence-electron chi connectivity index (χ2n) is 6.13. The SMILES string of the molecule is CC(=O)C1=NN(c2ccccc2)[C@H]2C(=O)N(c3ccc(Br)cc3)C(=O)[C@@H]12. The Morgan fingerprint density at radius 2 is 1.62 bits per heavy atom. The molecule has 0 aromatic heterocycles. The average molecular weight is 412 g/mol. The summed E-state index contributed by atoms with van der Waals surface area (Å²) in [5.74, 6) is -2.00. The van der Waals surface area contributed by atoms with Crippen LogP contribution >= 0.6 is 15.9 Å². The molecule has 0 N–H and O–H groups in total. The zero-order chi connectivity index (χ0) is 18.4. The monoisotopic (exact) mass is 411 g/mol. The van der Waals surface area contributed by atoms with Gasteiger partial charge in [0.15, 0.2) is 5.78 Å². The number of nitrogens with zero attached hydrogens (tertiary/aromatic N) is 3. The molecule has 0 unspecified atom stereocenters. The molecule has 26 heavy (non-hydrogen) atoms. The molecule has 2 aliphatic heterocycles. The number of carbonyl (C=O) groups is 3. The Bertz CT molecular complexity index is 940. The van der Waals surface area contributed by atoms with Crippen molar-refractivity contribution in [1.82, 2.24) is 0 Å². The van der Waals surface area contributed by atoms with Crippen molar-refractivity contribution in [2.24, 2.45) is 11.0 Å². The number of hydrazone groups is 1. The van der Waals surface area contributed by atoms with E-state index in [1.807, 2.05) is 18.2 Å². The van der Waals surface area contributed by atoms with E-state index in [0.29, 0.717) is 11.4 Å². The van der Waals surface area contributed by atoms with Gasteiger partial charge in [0.25, 0.3) is 5.91 Å². The summed E-state index contributed by atoms with van der Waals surface area (Å²) in [5, 5.41) is 5.80. The molecule has 4 rings (SSSR count). The third-order valence-corrected chi connectivity index (χ3v) is 5.04. The number of para-hydroxylation sites is 1. The molecule has 0 saturated carbocycles. The van der Waals surface area contributed by atoms with Crippen molar-refractivity contribution in [2.45, 2.75) is 13.0 Å². The van der Waals surface area contributed by atoms with Crippen molar-refractivity contribution < 1.29 is 14.4 Å². The molecule has 0 bridgehead atoms. The van der Waals surface area contributed by atoms with Gasteiger partial charge in [0.05, 0.1) is 11.4 Å². The van der Waals surface area contributed by atoms with Gasteiger partial charge in [-0.25, -0.2) is 4.90 Å². The molecular weight excluding hydrogens is 398 g/mol. The van der Waals surface area contributed by atoms with Crippen LogP contribution in [0.15, 0.2) is 64.2 Å². The Labute approximate surface area is 158 Å². The summed E-state index contributed by atoms with van der Waals surface area (Å²) < 4.78 is 0.845. The summed E-state index contributed by atoms with van der Waals surface area (Å²) in [7, 11) is 0. The summed E-state index contributed by atoms with van der Waals surface area (Å²) in [5.41, 5.74) is 1.27. The highest BCUT2D eigenvalue weighted by molar-refractivity contribution is 9.10. The number of anilines is 2. The van der Waals surface area contributed by atoms with Gasteiger partial charge >= 0.3 is 0 Å². The third-order valence-electron chi connectivity index (χ3n) is 4.52. The third kappa shape index (κ3) is 2.47. The number of carbonyl (C=O) groups excluding carboxylic acids is 3. The van der Waals surface area contributed by atoms with Crippen LogP contribution in [0.4, 0.5) is 11.4 Å². The predicted molar refractivity (Wildman–Crippen MR) is 101 cm³/mol. The standard InChI is InChI=1S/C19H14BrN3O3/c1-11(24)16-15-17(23(21-16)14-5-3-2-4-6-14)19(26)22(18(15)25)13-9-7-12(20)8-10-13/h2-10,15,17H,1H3/t15-,17+/m0/s1. The second-order valence-corrected chi connectivity index (χ2v) is 7.05. The van der Waals surface area contributed by atoms with Crippen molar-refractivity contribution in [2.75, 3.05) is 9.91 Å². The van der Waals surface area contributed by atoms with Gasteiger partial charge in [-0.15, -0.1) is 0 Å². The van der Waals surface area contributed by atoms with E-state index in [2.05, 4.69) is 21.0 Å². The first-order valence-corrected chi connectivity index (χ1v) is 8.85. The Morgan fingerprint density at radius 1 is 0.962 bits per heavy atom. The maximum atomic E-state index is 13.1. The lowest BCUT2D eigenvalue weighted by Gasteiger charge is -2.22. The van der Waals surface area contributed by atoms with Crippen molar-refractivity contribution in [3.05, 3.63) is 59.1 Å². The molecule has 0 radical (unpaired) electrons. The Kier molecular flexibility index (Phi) is 3.96. The molecule has 0 spiro atoms. The summed E-state index contributed by atoms with van der Waals surface area (Å²) in [6, 6.07) is 15.1. The first kappa shape index (κ1) is 16.7. The number of halogens is 1. The number of hydrogen-bond donors (Lipinski definition) is 0. The predicted octanol–water partition coefficient (Wildman–Crippen LogP) is 2.77. The van der Waals surface area contributed by atoms with Crippen molar-refractivity contribution >= 4 is 50.6 Å². The summed E-state index contributed by atoms with van der Waals surface area (Å²) >= 11 is 3.34. The number of imide groups is 1. The van der Waals surface area contributed by atoms with Crippen LogP contribution in [0.25, 0.3) is 0 Å². The van der Waals surface area contributed by atoms with E-state index in [1.54, 1.807) is 36.4 Å². The molecule has 1 fully saturated rings. The molecule has 1 saturated heterocycles. The molecule has 2 heterocycles. The Balaban J connectivity index is 1.80. The molecule has 2 aliphatic rings. The molecule has 130 valence electrons. The summed E-state index contributed by atoms with van der Waals surface area (Å²) in [4.78, 5) is 39.3. The summed E-state index contributed by atoms with van der Waals surface area (Å²) in [6.45, 7) is 1.37. The maximum absolute atomic E-state index is 13.1. The number of hydrogen-bond acceptors (Lipinski definition) is 5. The van der Waals surface area contributed by atoms with Gasteiger partial charge in [-0.1, -0.05) is 34.1 Å². The molecule has 2 aromatic rings. The van der Waals surface area contributed by atoms with Crippen LogP contribution in [0.5, 0.6) is 0 Å². The normalized spacial score (nSPS) is 21.8. The number of fused-ring (bicyclic) bond motifs is 1. The van der Waals surface area contributed by atoms with Gasteiger partial charge in [-0.3, -0.25) is 19.4 Å². The minimum Gasteiger partial charge on any atom is -0.293 e. The Morgan fingerprint density at radius 3 is 2.23 bits per heavy atom. The van der Waals surface area contributed by atoms with Gasteiger partial charge in [-0.2, -0.15) is 5.10 Å². The number of rotatable bonds is 3. The van der Waals surface area contributed by atoms with E-state index in [0.717, 1.165) is 9.37 Å². The minimum atomic E-state index is -0.885. The largest absolute Gasteiger partial charge is 0.293 e. The zero-order valence-corrected chi connectivity index (χ0v) is 15.4. The molecule has 0 aliphatic carbocycles. The van der Waals surface area contributed by atoms with E-state index < -0.39 is 17.9 Å². The van der Waals surface area contributed by atoms with Gasteiger partial charge in [0.1, 0.15) is 17.7 Å². The van der Waals surface area contributed by atoms with E-state index in [1.165, 1.54) is 11.9 Å². The van der Waals surface area contributed by atoms with E-state index in [4.69, 9.17) is 0 Å². The molecular formula is C19H14BrN3O3. The van der Waals surface area contributed by atoms with Gasteiger partial charge in [-0.05, 0) is 36.4 Å². The lowest BCUT2D eigenvalue weighted by atomic mass is 9.95. The number of amides is 2. The highest BCUT2D eigenvalue weighted by Gasteiger charge is 2.58. The van der Waals surface area contributed by atoms with Crippen LogP contribution in [0.2, 0.25) is 0 Å². The van der Waals surface area contributed by atoms with Crippen molar-refractivity contribution in [3.8, 4) is 0 Å². The lowest BCUT2D eigenvalue weighted by Crippen LogP contribution is -2.39. The van der Waals surface area contributed by atoms with Gasteiger partial charge < -0.3 is 0 Å². The van der Waals surface area contributed by atoms with Crippen LogP contribution in [0.3, 0.4) is 0 Å². The van der Waals surface area contributed by atoms with E-state index >= 15 is 0 Å². The quantitative estimate of drug-likeness (QED) is 0.728. The fourth-order valence-electron chi connectivity index (χ4n) is 3.34. The zero-order valence-electron chi connectivity index (χ0n) is 13.8. The van der Waals surface area contributed by atoms with Crippen molar-refractivity contribution in [3.63, 3.8) is 0 Å². The van der Waals surface area contributed by atoms with Crippen LogP contribution in [0, 0.1) is 5.92 Å². The van der Waals surface area contributed by atoms with E-state index in [9.17, 15) is 14.4 Å². The average Bonchev–Trinajstić information content (AvgIpc) is 3.15. The first-order valence-electron chi connectivity index (χ1n) is 8.06. The van der Waals surface area contributed by atoms with Crippen molar-refractivity contribution in [1.29, 1.82) is 0 Å². The van der Waals surface area contributed by atoms with Gasteiger partial charge in [0.2, 0.25) is 5.91 Å². The molecule has 6 nitrogen and oxygen atoms in total. The number of benzene rings is 2. The first-order chi connectivity index (χ1) is 12.5. The van der Waals surface area contributed by atoms with E-state index in [-0.39, 0.29) is 17.4 Å².